The number of benzene rings is 1. The first kappa shape index (κ1) is 12.3. The van der Waals surface area contributed by atoms with Crippen LogP contribution < -0.4 is 0 Å². The molecule has 0 unspecified atom stereocenters. The Morgan fingerprint density at radius 1 is 1.00 bits per heavy atom. The molecule has 0 saturated heterocycles. The van der Waals surface area contributed by atoms with E-state index >= 15 is 0 Å². The summed E-state index contributed by atoms with van der Waals surface area (Å²) in [6.07, 6.45) is 3.49. The third-order valence-electron chi connectivity index (χ3n) is 3.88. The number of hydrogen-bond acceptors (Lipinski definition) is 4. The monoisotopic (exact) mass is 277 g/mol. The molecule has 104 valence electrons. The Hall–Kier alpha value is -2.49. The SMILES string of the molecule is c1ccc([C@@H]2C[C@H]2c2nc(Cc3ccccn3)no2)cc1. The van der Waals surface area contributed by atoms with E-state index in [0.717, 1.165) is 18.0 Å². The predicted octanol–water partition coefficient (Wildman–Crippen LogP) is 3.33. The maximum Gasteiger partial charge on any atom is 0.230 e. The summed E-state index contributed by atoms with van der Waals surface area (Å²) in [5.41, 5.74) is 2.31. The van der Waals surface area contributed by atoms with E-state index in [4.69, 9.17) is 4.52 Å². The summed E-state index contributed by atoms with van der Waals surface area (Å²) in [5.74, 6) is 2.36. The molecule has 0 radical (unpaired) electrons. The largest absolute Gasteiger partial charge is 0.339 e. The second kappa shape index (κ2) is 5.13. The lowest BCUT2D eigenvalue weighted by molar-refractivity contribution is 0.373. The van der Waals surface area contributed by atoms with Gasteiger partial charge in [0.15, 0.2) is 5.82 Å². The van der Waals surface area contributed by atoms with Crippen LogP contribution in [0, 0.1) is 0 Å². The van der Waals surface area contributed by atoms with Gasteiger partial charge in [-0.1, -0.05) is 41.6 Å². The third kappa shape index (κ3) is 2.57. The zero-order valence-corrected chi connectivity index (χ0v) is 11.5. The van der Waals surface area contributed by atoms with E-state index in [0.29, 0.717) is 24.1 Å². The average molecular weight is 277 g/mol. The zero-order valence-electron chi connectivity index (χ0n) is 11.5. The highest BCUT2D eigenvalue weighted by Gasteiger charge is 2.43. The van der Waals surface area contributed by atoms with Gasteiger partial charge in [-0.3, -0.25) is 4.98 Å². The zero-order chi connectivity index (χ0) is 14.1. The summed E-state index contributed by atoms with van der Waals surface area (Å²) in [6.45, 7) is 0. The van der Waals surface area contributed by atoms with E-state index < -0.39 is 0 Å². The first-order valence-corrected chi connectivity index (χ1v) is 7.17. The van der Waals surface area contributed by atoms with Gasteiger partial charge in [0.1, 0.15) is 0 Å². The quantitative estimate of drug-likeness (QED) is 0.734. The summed E-state index contributed by atoms with van der Waals surface area (Å²) < 4.78 is 5.42. The molecule has 4 heteroatoms. The van der Waals surface area contributed by atoms with Crippen LogP contribution in [0.2, 0.25) is 0 Å². The molecule has 1 aliphatic carbocycles. The minimum absolute atomic E-state index is 0.373. The third-order valence-corrected chi connectivity index (χ3v) is 3.88. The normalized spacial score (nSPS) is 20.4. The van der Waals surface area contributed by atoms with Gasteiger partial charge in [0.05, 0.1) is 6.42 Å². The van der Waals surface area contributed by atoms with Crippen LogP contribution in [-0.4, -0.2) is 15.1 Å². The Morgan fingerprint density at radius 3 is 2.67 bits per heavy atom. The molecule has 1 fully saturated rings. The van der Waals surface area contributed by atoms with Crippen molar-refractivity contribution >= 4 is 0 Å². The van der Waals surface area contributed by atoms with Crippen LogP contribution in [-0.2, 0) is 6.42 Å². The Bertz CT molecular complexity index is 724. The molecule has 2 atom stereocenters. The molecular weight excluding hydrogens is 262 g/mol. The van der Waals surface area contributed by atoms with Crippen LogP contribution in [0.4, 0.5) is 0 Å². The van der Waals surface area contributed by atoms with Gasteiger partial charge < -0.3 is 4.52 Å². The van der Waals surface area contributed by atoms with Crippen molar-refractivity contribution in [3.63, 3.8) is 0 Å². The van der Waals surface area contributed by atoms with Gasteiger partial charge in [-0.15, -0.1) is 0 Å². The van der Waals surface area contributed by atoms with Crippen LogP contribution in [0.1, 0.15) is 41.2 Å². The summed E-state index contributed by atoms with van der Waals surface area (Å²) in [4.78, 5) is 8.81. The molecule has 0 N–H and O–H groups in total. The van der Waals surface area contributed by atoms with Crippen molar-refractivity contribution in [3.05, 3.63) is 77.7 Å². The van der Waals surface area contributed by atoms with Crippen molar-refractivity contribution in [1.82, 2.24) is 15.1 Å². The van der Waals surface area contributed by atoms with Crippen molar-refractivity contribution in [2.45, 2.75) is 24.7 Å². The van der Waals surface area contributed by atoms with Gasteiger partial charge in [0.2, 0.25) is 5.89 Å². The number of hydrogen-bond donors (Lipinski definition) is 0. The summed E-state index contributed by atoms with van der Waals surface area (Å²) in [5, 5.41) is 4.07. The maximum absolute atomic E-state index is 5.42. The summed E-state index contributed by atoms with van der Waals surface area (Å²) >= 11 is 0. The fourth-order valence-corrected chi connectivity index (χ4v) is 2.69. The molecule has 21 heavy (non-hydrogen) atoms. The minimum atomic E-state index is 0.373. The van der Waals surface area contributed by atoms with Gasteiger partial charge in [-0.25, -0.2) is 0 Å². The van der Waals surface area contributed by atoms with Crippen LogP contribution >= 0.6 is 0 Å². The standard InChI is InChI=1S/C17H15N3O/c1-2-6-12(7-3-1)14-11-15(14)17-19-16(20-21-17)10-13-8-4-5-9-18-13/h1-9,14-15H,10-11H2/t14-,15+/m0/s1. The molecular formula is C17H15N3O. The van der Waals surface area contributed by atoms with Crippen LogP contribution in [0.25, 0.3) is 0 Å². The Balaban J connectivity index is 1.47. The lowest BCUT2D eigenvalue weighted by atomic mass is 10.1. The highest BCUT2D eigenvalue weighted by atomic mass is 16.5. The van der Waals surface area contributed by atoms with Gasteiger partial charge in [0.25, 0.3) is 0 Å². The summed E-state index contributed by atoms with van der Waals surface area (Å²) in [6, 6.07) is 16.4. The molecule has 1 aliphatic rings. The van der Waals surface area contributed by atoms with Gasteiger partial charge in [-0.2, -0.15) is 4.98 Å². The molecule has 0 amide bonds. The topological polar surface area (TPSA) is 51.8 Å². The Labute approximate surface area is 122 Å². The minimum Gasteiger partial charge on any atom is -0.339 e. The van der Waals surface area contributed by atoms with Crippen LogP contribution in [0.15, 0.2) is 59.3 Å². The number of aromatic nitrogens is 3. The second-order valence-electron chi connectivity index (χ2n) is 5.41. The number of pyridine rings is 1. The van der Waals surface area contributed by atoms with Crippen molar-refractivity contribution in [2.24, 2.45) is 0 Å². The molecule has 0 spiro atoms. The fraction of sp³-hybridized carbons (Fsp3) is 0.235. The lowest BCUT2D eigenvalue weighted by Crippen LogP contribution is -1.93. The molecule has 1 aromatic carbocycles. The van der Waals surface area contributed by atoms with Gasteiger partial charge in [-0.05, 0) is 30.0 Å². The first-order chi connectivity index (χ1) is 10.4. The van der Waals surface area contributed by atoms with E-state index in [2.05, 4.69) is 39.4 Å². The maximum atomic E-state index is 5.42. The highest BCUT2D eigenvalue weighted by molar-refractivity contribution is 5.30. The van der Waals surface area contributed by atoms with Crippen LogP contribution in [0.5, 0.6) is 0 Å². The molecule has 1 saturated carbocycles. The molecule has 4 rings (SSSR count). The first-order valence-electron chi connectivity index (χ1n) is 7.17. The molecule has 4 nitrogen and oxygen atoms in total. The van der Waals surface area contributed by atoms with Crippen molar-refractivity contribution in [2.75, 3.05) is 0 Å². The Kier molecular flexibility index (Phi) is 2.99. The average Bonchev–Trinajstić information content (AvgIpc) is 3.22. The lowest BCUT2D eigenvalue weighted by Gasteiger charge is -1.96. The summed E-state index contributed by atoms with van der Waals surface area (Å²) in [7, 11) is 0. The fourth-order valence-electron chi connectivity index (χ4n) is 2.69. The Morgan fingerprint density at radius 2 is 1.86 bits per heavy atom. The van der Waals surface area contributed by atoms with Gasteiger partial charge >= 0.3 is 0 Å². The van der Waals surface area contributed by atoms with E-state index in [1.165, 1.54) is 5.56 Å². The second-order valence-corrected chi connectivity index (χ2v) is 5.41. The highest BCUT2D eigenvalue weighted by Crippen LogP contribution is 2.53. The van der Waals surface area contributed by atoms with E-state index in [-0.39, 0.29) is 0 Å². The van der Waals surface area contributed by atoms with Crippen molar-refractivity contribution in [1.29, 1.82) is 0 Å². The van der Waals surface area contributed by atoms with E-state index in [1.54, 1.807) is 6.20 Å². The van der Waals surface area contributed by atoms with E-state index in [9.17, 15) is 0 Å². The molecule has 0 bridgehead atoms. The number of rotatable bonds is 4. The molecule has 3 aromatic rings. The molecule has 0 aliphatic heterocycles. The predicted molar refractivity (Wildman–Crippen MR) is 77.9 cm³/mol. The smallest absolute Gasteiger partial charge is 0.230 e. The molecule has 2 aromatic heterocycles. The van der Waals surface area contributed by atoms with E-state index in [1.807, 2.05) is 24.3 Å². The number of nitrogens with zero attached hydrogens (tertiary/aromatic N) is 3. The van der Waals surface area contributed by atoms with Crippen molar-refractivity contribution < 1.29 is 4.52 Å². The van der Waals surface area contributed by atoms with Crippen molar-refractivity contribution in [3.8, 4) is 0 Å². The van der Waals surface area contributed by atoms with Crippen LogP contribution in [0.3, 0.4) is 0 Å². The molecule has 2 heterocycles. The van der Waals surface area contributed by atoms with Gasteiger partial charge in [0, 0.05) is 17.8 Å².